The first-order chi connectivity index (χ1) is 16.2. The van der Waals surface area contributed by atoms with Gasteiger partial charge in [0.2, 0.25) is 0 Å². The first-order valence-electron chi connectivity index (χ1n) is 10.6. The van der Waals surface area contributed by atoms with Crippen molar-refractivity contribution in [2.75, 3.05) is 18.0 Å². The van der Waals surface area contributed by atoms with Gasteiger partial charge in [0.05, 0.1) is 28.8 Å². The van der Waals surface area contributed by atoms with E-state index in [-0.39, 0.29) is 10.5 Å². The number of carbonyl (C=O) groups excluding carboxylic acids is 2. The average Bonchev–Trinajstić information content (AvgIpc) is 3.24. The second kappa shape index (κ2) is 9.15. The molecule has 0 aliphatic rings. The predicted molar refractivity (Wildman–Crippen MR) is 131 cm³/mol. The van der Waals surface area contributed by atoms with Crippen LogP contribution in [0.3, 0.4) is 0 Å². The number of sulfonamides is 1. The summed E-state index contributed by atoms with van der Waals surface area (Å²) >= 11 is 0. The fourth-order valence-electron chi connectivity index (χ4n) is 3.77. The summed E-state index contributed by atoms with van der Waals surface area (Å²) in [7, 11) is -2.78. The van der Waals surface area contributed by atoms with E-state index in [4.69, 9.17) is 4.74 Å². The van der Waals surface area contributed by atoms with E-state index in [1.165, 1.54) is 30.0 Å². The molecule has 174 valence electrons. The molecular weight excluding hydrogens is 452 g/mol. The Morgan fingerprint density at radius 3 is 2.26 bits per heavy atom. The van der Waals surface area contributed by atoms with Crippen molar-refractivity contribution in [3.05, 3.63) is 95.7 Å². The highest BCUT2D eigenvalue weighted by Crippen LogP contribution is 2.27. The van der Waals surface area contributed by atoms with Gasteiger partial charge >= 0.3 is 5.97 Å². The number of fused-ring (bicyclic) bond motifs is 1. The molecule has 0 saturated carbocycles. The molecule has 0 amide bonds. The van der Waals surface area contributed by atoms with Crippen molar-refractivity contribution in [1.82, 2.24) is 4.57 Å². The van der Waals surface area contributed by atoms with Gasteiger partial charge in [-0.1, -0.05) is 42.5 Å². The molecule has 7 nitrogen and oxygen atoms in total. The van der Waals surface area contributed by atoms with Gasteiger partial charge in [0, 0.05) is 11.6 Å². The van der Waals surface area contributed by atoms with Gasteiger partial charge in [-0.2, -0.15) is 0 Å². The minimum atomic E-state index is -4.05. The van der Waals surface area contributed by atoms with Gasteiger partial charge in [0.15, 0.2) is 0 Å². The van der Waals surface area contributed by atoms with Crippen LogP contribution < -0.4 is 4.31 Å². The number of methoxy groups -OCH3 is 1. The molecule has 1 aromatic heterocycles. The fourth-order valence-corrected chi connectivity index (χ4v) is 5.20. The van der Waals surface area contributed by atoms with E-state index in [0.29, 0.717) is 16.6 Å². The van der Waals surface area contributed by atoms with Gasteiger partial charge in [-0.05, 0) is 55.3 Å². The van der Waals surface area contributed by atoms with Crippen molar-refractivity contribution in [3.63, 3.8) is 0 Å². The molecule has 0 N–H and O–H groups in total. The smallest absolute Gasteiger partial charge is 0.340 e. The summed E-state index contributed by atoms with van der Waals surface area (Å²) in [5.74, 6) is -1.09. The maximum atomic E-state index is 13.6. The molecule has 0 unspecified atom stereocenters. The van der Waals surface area contributed by atoms with E-state index in [0.717, 1.165) is 15.4 Å². The fraction of sp³-hybridized carbons (Fsp3) is 0.154. The Morgan fingerprint density at radius 2 is 1.59 bits per heavy atom. The third-order valence-electron chi connectivity index (χ3n) is 5.77. The van der Waals surface area contributed by atoms with E-state index < -0.39 is 28.4 Å². The highest BCUT2D eigenvalue weighted by Gasteiger charge is 2.29. The largest absolute Gasteiger partial charge is 0.465 e. The molecule has 4 aromatic rings. The van der Waals surface area contributed by atoms with Crippen LogP contribution >= 0.6 is 0 Å². The number of ether oxygens (including phenoxy) is 1. The number of nitrogens with zero attached hydrogens (tertiary/aromatic N) is 2. The summed E-state index contributed by atoms with van der Waals surface area (Å²) in [6.45, 7) is 3.36. The van der Waals surface area contributed by atoms with Gasteiger partial charge in [-0.3, -0.25) is 13.7 Å². The number of carbonyl (C=O) groups is 2. The van der Waals surface area contributed by atoms with E-state index in [9.17, 15) is 18.0 Å². The van der Waals surface area contributed by atoms with Crippen molar-refractivity contribution in [2.24, 2.45) is 0 Å². The molecule has 0 bridgehead atoms. The van der Waals surface area contributed by atoms with Crippen LogP contribution in [0, 0.1) is 13.8 Å². The molecule has 34 heavy (non-hydrogen) atoms. The molecule has 0 fully saturated rings. The van der Waals surface area contributed by atoms with Crippen molar-refractivity contribution >= 4 is 38.5 Å². The van der Waals surface area contributed by atoms with E-state index in [1.807, 2.05) is 19.9 Å². The number of para-hydroxylation sites is 1. The lowest BCUT2D eigenvalue weighted by Gasteiger charge is -2.25. The summed E-state index contributed by atoms with van der Waals surface area (Å²) in [6.07, 6.45) is 1.40. The summed E-state index contributed by atoms with van der Waals surface area (Å²) < 4.78 is 34.5. The summed E-state index contributed by atoms with van der Waals surface area (Å²) in [4.78, 5) is 25.8. The third-order valence-corrected chi connectivity index (χ3v) is 7.56. The van der Waals surface area contributed by atoms with Crippen LogP contribution in [0.5, 0.6) is 0 Å². The van der Waals surface area contributed by atoms with Gasteiger partial charge in [0.1, 0.15) is 6.54 Å². The number of aromatic nitrogens is 1. The first-order valence-corrected chi connectivity index (χ1v) is 12.0. The lowest BCUT2D eigenvalue weighted by Crippen LogP contribution is -2.37. The number of hydrogen-bond acceptors (Lipinski definition) is 5. The third kappa shape index (κ3) is 4.20. The molecule has 3 aromatic carbocycles. The zero-order chi connectivity index (χ0) is 24.5. The summed E-state index contributed by atoms with van der Waals surface area (Å²) in [6, 6.07) is 20.2. The molecule has 0 aliphatic heterocycles. The molecule has 8 heteroatoms. The molecule has 0 atom stereocenters. The maximum absolute atomic E-state index is 13.6. The lowest BCUT2D eigenvalue weighted by molar-refractivity contribution is 0.0603. The lowest BCUT2D eigenvalue weighted by atomic mass is 10.1. The minimum absolute atomic E-state index is 0.0774. The van der Waals surface area contributed by atoms with Crippen molar-refractivity contribution < 1.29 is 22.7 Å². The second-order valence-corrected chi connectivity index (χ2v) is 9.77. The number of anilines is 1. The highest BCUT2D eigenvalue weighted by atomic mass is 32.2. The Labute approximate surface area is 198 Å². The summed E-state index contributed by atoms with van der Waals surface area (Å²) in [5, 5.41) is 0.548. The van der Waals surface area contributed by atoms with Gasteiger partial charge in [-0.15, -0.1) is 0 Å². The zero-order valence-corrected chi connectivity index (χ0v) is 19.9. The van der Waals surface area contributed by atoms with Gasteiger partial charge in [0.25, 0.3) is 15.9 Å². The van der Waals surface area contributed by atoms with Crippen LogP contribution in [0.4, 0.5) is 5.69 Å². The maximum Gasteiger partial charge on any atom is 0.340 e. The standard InChI is InChI=1S/C26H24N2O5S/c1-18-13-14-20(15-19(18)2)28(34(31,32)21-9-5-4-6-10-21)17-25(29)27-16-23(26(30)33-3)22-11-7-8-12-24(22)27/h4-16H,17H2,1-3H3. The van der Waals surface area contributed by atoms with Gasteiger partial charge in [-0.25, -0.2) is 13.2 Å². The Hall–Kier alpha value is -3.91. The van der Waals surface area contributed by atoms with E-state index in [2.05, 4.69) is 0 Å². The number of rotatable bonds is 6. The number of esters is 1. The molecule has 4 rings (SSSR count). The van der Waals surface area contributed by atoms with E-state index in [1.54, 1.807) is 54.6 Å². The molecular formula is C26H24N2O5S. The normalized spacial score (nSPS) is 11.4. The van der Waals surface area contributed by atoms with Gasteiger partial charge < -0.3 is 4.74 Å². The number of hydrogen-bond donors (Lipinski definition) is 0. The predicted octanol–water partition coefficient (Wildman–Crippen LogP) is 4.58. The first kappa shape index (κ1) is 23.3. The van der Waals surface area contributed by atoms with Crippen LogP contribution in [-0.4, -0.2) is 38.5 Å². The number of benzene rings is 3. The molecule has 1 heterocycles. The highest BCUT2D eigenvalue weighted by molar-refractivity contribution is 7.92. The molecule has 0 radical (unpaired) electrons. The van der Waals surface area contributed by atoms with Crippen LogP contribution in [0.15, 0.2) is 83.9 Å². The zero-order valence-electron chi connectivity index (χ0n) is 19.1. The van der Waals surface area contributed by atoms with E-state index >= 15 is 0 Å². The number of aryl methyl sites for hydroxylation is 2. The minimum Gasteiger partial charge on any atom is -0.465 e. The molecule has 0 aliphatic carbocycles. The SMILES string of the molecule is COC(=O)c1cn(C(=O)CN(c2ccc(C)c(C)c2)S(=O)(=O)c2ccccc2)c2ccccc12. The molecule has 0 saturated heterocycles. The van der Waals surface area contributed by atoms with Crippen molar-refractivity contribution in [3.8, 4) is 0 Å². The summed E-state index contributed by atoms with van der Waals surface area (Å²) in [5.41, 5.74) is 3.01. The van der Waals surface area contributed by atoms with Crippen LogP contribution in [0.2, 0.25) is 0 Å². The van der Waals surface area contributed by atoms with Crippen molar-refractivity contribution in [2.45, 2.75) is 18.7 Å². The van der Waals surface area contributed by atoms with Crippen LogP contribution in [-0.2, 0) is 14.8 Å². The second-order valence-electron chi connectivity index (χ2n) is 7.91. The quantitative estimate of drug-likeness (QED) is 0.380. The van der Waals surface area contributed by atoms with Crippen LogP contribution in [0.25, 0.3) is 10.9 Å². The van der Waals surface area contributed by atoms with Crippen molar-refractivity contribution in [1.29, 1.82) is 0 Å². The Balaban J connectivity index is 1.82. The van der Waals surface area contributed by atoms with Crippen LogP contribution in [0.1, 0.15) is 26.3 Å². The average molecular weight is 477 g/mol. The topological polar surface area (TPSA) is 85.7 Å². The Bertz CT molecular complexity index is 1490. The monoisotopic (exact) mass is 476 g/mol. The molecule has 0 spiro atoms. The Morgan fingerprint density at radius 1 is 0.912 bits per heavy atom. The Kier molecular flexibility index (Phi) is 6.26.